The molecule has 1 aromatic rings. The van der Waals surface area contributed by atoms with Crippen LogP contribution in [0, 0.1) is 17.8 Å². The maximum absolute atomic E-state index is 13.8. The van der Waals surface area contributed by atoms with Crippen LogP contribution in [0.2, 0.25) is 0 Å². The molecular weight excluding hydrogens is 386 g/mol. The molecule has 5 heteroatoms. The summed E-state index contributed by atoms with van der Waals surface area (Å²) in [6.07, 6.45) is 9.93. The molecule has 170 valence electrons. The highest BCUT2D eigenvalue weighted by Gasteiger charge is 2.52. The number of nitrogens with one attached hydrogen (secondary N) is 1. The molecule has 2 amide bonds. The molecule has 5 aliphatic rings. The quantitative estimate of drug-likeness (QED) is 0.721. The summed E-state index contributed by atoms with van der Waals surface area (Å²) in [6, 6.07) is 8.68. The zero-order valence-electron chi connectivity index (χ0n) is 19.3. The lowest BCUT2D eigenvalue weighted by Gasteiger charge is -2.57. The van der Waals surface area contributed by atoms with Gasteiger partial charge in [-0.1, -0.05) is 19.1 Å². The summed E-state index contributed by atoms with van der Waals surface area (Å²) in [5.74, 6) is 3.38. The minimum atomic E-state index is 0.0581. The van der Waals surface area contributed by atoms with E-state index in [1.807, 2.05) is 12.1 Å². The topological polar surface area (TPSA) is 44.8 Å². The summed E-state index contributed by atoms with van der Waals surface area (Å²) in [5, 5.41) is 3.64. The number of amides is 2. The Bertz CT molecular complexity index is 751. The number of carbonyl (C=O) groups excluding carboxylic acids is 1. The highest BCUT2D eigenvalue weighted by Crippen LogP contribution is 2.55. The summed E-state index contributed by atoms with van der Waals surface area (Å²) in [5.41, 5.74) is 1.21. The second kappa shape index (κ2) is 8.65. The van der Waals surface area contributed by atoms with Crippen molar-refractivity contribution in [3.63, 3.8) is 0 Å². The van der Waals surface area contributed by atoms with Gasteiger partial charge >= 0.3 is 6.03 Å². The van der Waals surface area contributed by atoms with E-state index in [0.29, 0.717) is 12.6 Å². The first-order valence-corrected chi connectivity index (χ1v) is 12.5. The van der Waals surface area contributed by atoms with Crippen molar-refractivity contribution in [2.45, 2.75) is 76.4 Å². The molecule has 4 saturated carbocycles. The highest BCUT2D eigenvalue weighted by molar-refractivity contribution is 5.75. The second-order valence-corrected chi connectivity index (χ2v) is 10.8. The number of hydrogen-bond acceptors (Lipinski definition) is 3. The molecule has 0 unspecified atom stereocenters. The predicted octanol–water partition coefficient (Wildman–Crippen LogP) is 4.66. The van der Waals surface area contributed by atoms with Crippen molar-refractivity contribution in [3.8, 4) is 5.75 Å². The summed E-state index contributed by atoms with van der Waals surface area (Å²) in [6.45, 7) is 6.16. The number of rotatable bonds is 6. The van der Waals surface area contributed by atoms with Crippen molar-refractivity contribution < 1.29 is 9.53 Å². The van der Waals surface area contributed by atoms with Crippen molar-refractivity contribution in [2.75, 3.05) is 26.7 Å². The number of methoxy groups -OCH3 is 1. The van der Waals surface area contributed by atoms with E-state index in [1.54, 1.807) is 7.11 Å². The fourth-order valence-electron chi connectivity index (χ4n) is 7.44. The average Bonchev–Trinajstić information content (AvgIpc) is 2.76. The molecule has 0 radical (unpaired) electrons. The standard InChI is InChI=1S/C26H39N3O2/c1-3-28-9-7-23(8-10-28)29(18-19-5-4-6-24(14-19)31-2)25(30)27-26-15-20-11-21(16-26)13-22(12-20)17-26/h4-6,14,20-23H,3,7-13,15-18H2,1-2H3,(H,27,30). The van der Waals surface area contributed by atoms with Gasteiger partial charge in [-0.2, -0.15) is 0 Å². The van der Waals surface area contributed by atoms with Crippen LogP contribution < -0.4 is 10.1 Å². The van der Waals surface area contributed by atoms with Gasteiger partial charge in [-0.3, -0.25) is 0 Å². The fraction of sp³-hybridized carbons (Fsp3) is 0.731. The average molecular weight is 426 g/mol. The molecule has 1 N–H and O–H groups in total. The van der Waals surface area contributed by atoms with Gasteiger partial charge in [0.1, 0.15) is 5.75 Å². The second-order valence-electron chi connectivity index (χ2n) is 10.8. The number of urea groups is 1. The summed E-state index contributed by atoms with van der Waals surface area (Å²) < 4.78 is 5.44. The third-order valence-corrected chi connectivity index (χ3v) is 8.60. The lowest BCUT2D eigenvalue weighted by atomic mass is 9.53. The van der Waals surface area contributed by atoms with Crippen molar-refractivity contribution >= 4 is 6.03 Å². The Morgan fingerprint density at radius 1 is 1.13 bits per heavy atom. The Hall–Kier alpha value is -1.75. The first-order valence-electron chi connectivity index (χ1n) is 12.5. The SMILES string of the molecule is CCN1CCC(N(Cc2cccc(OC)c2)C(=O)NC23CC4CC(CC(C4)C2)C3)CC1. The Morgan fingerprint density at radius 3 is 2.35 bits per heavy atom. The minimum absolute atomic E-state index is 0.0581. The number of benzene rings is 1. The van der Waals surface area contributed by atoms with Gasteiger partial charge in [-0.15, -0.1) is 0 Å². The zero-order chi connectivity index (χ0) is 21.4. The van der Waals surface area contributed by atoms with Gasteiger partial charge in [0.25, 0.3) is 0 Å². The van der Waals surface area contributed by atoms with E-state index in [-0.39, 0.29) is 11.6 Å². The van der Waals surface area contributed by atoms with Crippen LogP contribution >= 0.6 is 0 Å². The number of ether oxygens (including phenoxy) is 1. The molecule has 1 heterocycles. The van der Waals surface area contributed by atoms with Crippen molar-refractivity contribution in [2.24, 2.45) is 17.8 Å². The maximum Gasteiger partial charge on any atom is 0.318 e. The maximum atomic E-state index is 13.8. The smallest absolute Gasteiger partial charge is 0.318 e. The predicted molar refractivity (Wildman–Crippen MR) is 123 cm³/mol. The first-order chi connectivity index (χ1) is 15.1. The summed E-state index contributed by atoms with van der Waals surface area (Å²) >= 11 is 0. The van der Waals surface area contributed by atoms with E-state index >= 15 is 0 Å². The lowest BCUT2D eigenvalue weighted by Crippen LogP contribution is -2.63. The Morgan fingerprint density at radius 2 is 1.77 bits per heavy atom. The number of hydrogen-bond donors (Lipinski definition) is 1. The Balaban J connectivity index is 1.34. The van der Waals surface area contributed by atoms with Crippen LogP contribution in [0.3, 0.4) is 0 Å². The molecular formula is C26H39N3O2. The molecule has 6 rings (SSSR count). The van der Waals surface area contributed by atoms with E-state index in [2.05, 4.69) is 34.2 Å². The molecule has 1 aliphatic heterocycles. The third kappa shape index (κ3) is 4.44. The van der Waals surface area contributed by atoms with Crippen molar-refractivity contribution in [3.05, 3.63) is 29.8 Å². The van der Waals surface area contributed by atoms with E-state index in [0.717, 1.165) is 61.5 Å². The molecule has 4 bridgehead atoms. The molecule has 31 heavy (non-hydrogen) atoms. The van der Waals surface area contributed by atoms with E-state index in [4.69, 9.17) is 4.74 Å². The largest absolute Gasteiger partial charge is 0.497 e. The molecule has 0 atom stereocenters. The molecule has 5 fully saturated rings. The van der Waals surface area contributed by atoms with Gasteiger partial charge in [0.15, 0.2) is 0 Å². The minimum Gasteiger partial charge on any atom is -0.497 e. The van der Waals surface area contributed by atoms with Gasteiger partial charge in [-0.05, 0) is 93.4 Å². The van der Waals surface area contributed by atoms with Crippen LogP contribution in [0.15, 0.2) is 24.3 Å². The number of likely N-dealkylation sites (tertiary alicyclic amines) is 1. The lowest BCUT2D eigenvalue weighted by molar-refractivity contribution is -0.0173. The van der Waals surface area contributed by atoms with Gasteiger partial charge in [-0.25, -0.2) is 4.79 Å². The van der Waals surface area contributed by atoms with Crippen LogP contribution in [-0.4, -0.2) is 54.2 Å². The normalized spacial score (nSPS) is 32.8. The van der Waals surface area contributed by atoms with Crippen LogP contribution in [0.1, 0.15) is 63.9 Å². The van der Waals surface area contributed by atoms with Crippen LogP contribution in [0.4, 0.5) is 4.79 Å². The van der Waals surface area contributed by atoms with Crippen molar-refractivity contribution in [1.29, 1.82) is 0 Å². The van der Waals surface area contributed by atoms with Crippen LogP contribution in [0.25, 0.3) is 0 Å². The number of carbonyl (C=O) groups is 1. The van der Waals surface area contributed by atoms with Gasteiger partial charge in [0, 0.05) is 31.2 Å². The summed E-state index contributed by atoms with van der Waals surface area (Å²) in [4.78, 5) is 18.5. The number of nitrogens with zero attached hydrogens (tertiary/aromatic N) is 2. The summed E-state index contributed by atoms with van der Waals surface area (Å²) in [7, 11) is 1.71. The Kier molecular flexibility index (Phi) is 5.89. The molecule has 5 nitrogen and oxygen atoms in total. The van der Waals surface area contributed by atoms with Crippen LogP contribution in [-0.2, 0) is 6.54 Å². The molecule has 0 aromatic heterocycles. The van der Waals surface area contributed by atoms with Crippen molar-refractivity contribution in [1.82, 2.24) is 15.1 Å². The fourth-order valence-corrected chi connectivity index (χ4v) is 7.44. The van der Waals surface area contributed by atoms with Gasteiger partial charge < -0.3 is 19.9 Å². The van der Waals surface area contributed by atoms with E-state index < -0.39 is 0 Å². The number of piperidine rings is 1. The first kappa shape index (κ1) is 21.1. The molecule has 1 saturated heterocycles. The molecule has 1 aromatic carbocycles. The highest BCUT2D eigenvalue weighted by atomic mass is 16.5. The van der Waals surface area contributed by atoms with Gasteiger partial charge in [0.2, 0.25) is 0 Å². The van der Waals surface area contributed by atoms with E-state index in [9.17, 15) is 4.79 Å². The van der Waals surface area contributed by atoms with E-state index in [1.165, 1.54) is 38.5 Å². The zero-order valence-corrected chi connectivity index (χ0v) is 19.3. The third-order valence-electron chi connectivity index (χ3n) is 8.60. The van der Waals surface area contributed by atoms with Gasteiger partial charge in [0.05, 0.1) is 7.11 Å². The molecule has 4 aliphatic carbocycles. The van der Waals surface area contributed by atoms with Crippen LogP contribution in [0.5, 0.6) is 5.75 Å². The molecule has 0 spiro atoms. The monoisotopic (exact) mass is 425 g/mol. The Labute approximate surface area is 187 Å².